The smallest absolute Gasteiger partial charge is 0.275 e. The van der Waals surface area contributed by atoms with E-state index in [0.717, 1.165) is 5.01 Å². The van der Waals surface area contributed by atoms with Gasteiger partial charge in [-0.2, -0.15) is 5.26 Å². The van der Waals surface area contributed by atoms with Gasteiger partial charge >= 0.3 is 0 Å². The van der Waals surface area contributed by atoms with E-state index in [1.54, 1.807) is 29.6 Å². The van der Waals surface area contributed by atoms with Crippen LogP contribution in [0.4, 0.5) is 5.69 Å². The van der Waals surface area contributed by atoms with E-state index in [1.807, 2.05) is 19.9 Å². The average Bonchev–Trinajstić information content (AvgIpc) is 2.89. The minimum Gasteiger partial charge on any atom is -0.321 e. The second-order valence-electron chi connectivity index (χ2n) is 4.37. The maximum Gasteiger partial charge on any atom is 0.275 e. The normalized spacial score (nSPS) is 10.2. The van der Waals surface area contributed by atoms with Crippen molar-refractivity contribution in [3.05, 3.63) is 45.9 Å². The summed E-state index contributed by atoms with van der Waals surface area (Å²) >= 11 is 1.48. The molecule has 96 valence electrons. The first kappa shape index (κ1) is 13.2. The van der Waals surface area contributed by atoms with Crippen molar-refractivity contribution in [1.29, 1.82) is 5.26 Å². The summed E-state index contributed by atoms with van der Waals surface area (Å²) in [6.07, 6.45) is 0. The van der Waals surface area contributed by atoms with Gasteiger partial charge in [0.25, 0.3) is 5.91 Å². The Labute approximate surface area is 115 Å². The van der Waals surface area contributed by atoms with E-state index in [0.29, 0.717) is 22.9 Å². The van der Waals surface area contributed by atoms with E-state index in [4.69, 9.17) is 5.26 Å². The first-order chi connectivity index (χ1) is 9.10. The summed E-state index contributed by atoms with van der Waals surface area (Å²) in [5, 5.41) is 14.2. The number of nitriles is 1. The van der Waals surface area contributed by atoms with Crippen molar-refractivity contribution >= 4 is 22.9 Å². The molecule has 2 aromatic rings. The number of amides is 1. The second kappa shape index (κ2) is 5.63. The Bertz CT molecular complexity index is 640. The fourth-order valence-corrected chi connectivity index (χ4v) is 2.33. The Morgan fingerprint density at radius 1 is 1.47 bits per heavy atom. The summed E-state index contributed by atoms with van der Waals surface area (Å²) in [5.74, 6) is 0.0618. The molecule has 5 heteroatoms. The van der Waals surface area contributed by atoms with Crippen LogP contribution in [0, 0.1) is 11.3 Å². The molecule has 1 N–H and O–H groups in total. The van der Waals surface area contributed by atoms with Crippen molar-refractivity contribution in [2.24, 2.45) is 0 Å². The van der Waals surface area contributed by atoms with Gasteiger partial charge in [0.2, 0.25) is 0 Å². The topological polar surface area (TPSA) is 65.8 Å². The fraction of sp³-hybridized carbons (Fsp3) is 0.214. The van der Waals surface area contributed by atoms with E-state index in [9.17, 15) is 4.79 Å². The number of carbonyl (C=O) groups is 1. The number of nitrogens with zero attached hydrogens (tertiary/aromatic N) is 2. The summed E-state index contributed by atoms with van der Waals surface area (Å²) in [6.45, 7) is 4.08. The zero-order valence-electron chi connectivity index (χ0n) is 10.7. The van der Waals surface area contributed by atoms with Crippen molar-refractivity contribution < 1.29 is 4.79 Å². The molecule has 0 aliphatic rings. The van der Waals surface area contributed by atoms with Gasteiger partial charge < -0.3 is 5.32 Å². The third-order valence-corrected chi connectivity index (χ3v) is 3.64. The molecule has 0 spiro atoms. The van der Waals surface area contributed by atoms with Crippen LogP contribution in [-0.4, -0.2) is 10.9 Å². The standard InChI is InChI=1S/C14H13N3OS/c1-9(2)14-17-12(8-19-14)13(18)16-11-5-3-4-10(6-11)7-15/h3-6,8-9H,1-2H3,(H,16,18). The average molecular weight is 271 g/mol. The van der Waals surface area contributed by atoms with Crippen LogP contribution in [0.3, 0.4) is 0 Å². The molecule has 1 aromatic heterocycles. The number of benzene rings is 1. The summed E-state index contributed by atoms with van der Waals surface area (Å²) in [7, 11) is 0. The number of anilines is 1. The first-order valence-corrected chi connectivity index (χ1v) is 6.75. The maximum absolute atomic E-state index is 12.0. The van der Waals surface area contributed by atoms with E-state index in [1.165, 1.54) is 11.3 Å². The van der Waals surface area contributed by atoms with Gasteiger partial charge in [0.15, 0.2) is 0 Å². The molecule has 0 atom stereocenters. The molecule has 2 rings (SSSR count). The second-order valence-corrected chi connectivity index (χ2v) is 5.26. The molecule has 1 heterocycles. The van der Waals surface area contributed by atoms with Gasteiger partial charge in [-0.3, -0.25) is 4.79 Å². The zero-order chi connectivity index (χ0) is 13.8. The predicted molar refractivity (Wildman–Crippen MR) is 75.3 cm³/mol. The fourth-order valence-electron chi connectivity index (χ4n) is 1.52. The van der Waals surface area contributed by atoms with Gasteiger partial charge in [0, 0.05) is 17.0 Å². The molecule has 19 heavy (non-hydrogen) atoms. The van der Waals surface area contributed by atoms with E-state index < -0.39 is 0 Å². The Hall–Kier alpha value is -2.19. The molecule has 0 saturated heterocycles. The molecular weight excluding hydrogens is 258 g/mol. The number of thiazole rings is 1. The third-order valence-electron chi connectivity index (χ3n) is 2.50. The monoisotopic (exact) mass is 271 g/mol. The van der Waals surface area contributed by atoms with Crippen LogP contribution in [0.5, 0.6) is 0 Å². The van der Waals surface area contributed by atoms with E-state index in [2.05, 4.69) is 10.3 Å². The number of nitrogens with one attached hydrogen (secondary N) is 1. The lowest BCUT2D eigenvalue weighted by Gasteiger charge is -2.03. The Morgan fingerprint density at radius 3 is 2.89 bits per heavy atom. The molecule has 0 aliphatic heterocycles. The largest absolute Gasteiger partial charge is 0.321 e. The third kappa shape index (κ3) is 3.18. The molecule has 0 bridgehead atoms. The zero-order valence-corrected chi connectivity index (χ0v) is 11.5. The summed E-state index contributed by atoms with van der Waals surface area (Å²) < 4.78 is 0. The lowest BCUT2D eigenvalue weighted by atomic mass is 10.2. The van der Waals surface area contributed by atoms with Crippen LogP contribution in [0.2, 0.25) is 0 Å². The van der Waals surface area contributed by atoms with Gasteiger partial charge in [-0.1, -0.05) is 19.9 Å². The van der Waals surface area contributed by atoms with Crippen LogP contribution in [0.15, 0.2) is 29.6 Å². The lowest BCUT2D eigenvalue weighted by Crippen LogP contribution is -2.12. The predicted octanol–water partition coefficient (Wildman–Crippen LogP) is 3.39. The maximum atomic E-state index is 12.0. The highest BCUT2D eigenvalue weighted by Gasteiger charge is 2.12. The van der Waals surface area contributed by atoms with Gasteiger partial charge in [-0.15, -0.1) is 11.3 Å². The molecule has 0 aliphatic carbocycles. The van der Waals surface area contributed by atoms with Crippen molar-refractivity contribution in [2.45, 2.75) is 19.8 Å². The van der Waals surface area contributed by atoms with Crippen LogP contribution >= 0.6 is 11.3 Å². The SMILES string of the molecule is CC(C)c1nc(C(=O)Nc2cccc(C#N)c2)cs1. The van der Waals surface area contributed by atoms with Crippen molar-refractivity contribution in [3.63, 3.8) is 0 Å². The number of aromatic nitrogens is 1. The highest BCUT2D eigenvalue weighted by atomic mass is 32.1. The number of hydrogen-bond donors (Lipinski definition) is 1. The van der Waals surface area contributed by atoms with Crippen LogP contribution in [-0.2, 0) is 0 Å². The van der Waals surface area contributed by atoms with Gasteiger partial charge in [-0.25, -0.2) is 4.98 Å². The molecule has 1 aromatic carbocycles. The molecule has 0 unspecified atom stereocenters. The molecule has 0 radical (unpaired) electrons. The van der Waals surface area contributed by atoms with Gasteiger partial charge in [0.1, 0.15) is 5.69 Å². The minimum atomic E-state index is -0.252. The molecule has 0 fully saturated rings. The van der Waals surface area contributed by atoms with Crippen LogP contribution < -0.4 is 5.32 Å². The summed E-state index contributed by atoms with van der Waals surface area (Å²) in [4.78, 5) is 16.3. The number of hydrogen-bond acceptors (Lipinski definition) is 4. The highest BCUT2D eigenvalue weighted by molar-refractivity contribution is 7.09. The van der Waals surface area contributed by atoms with Crippen LogP contribution in [0.1, 0.15) is 40.8 Å². The quantitative estimate of drug-likeness (QED) is 0.930. The Balaban J connectivity index is 2.14. The minimum absolute atomic E-state index is 0.252. The van der Waals surface area contributed by atoms with Gasteiger partial charge in [-0.05, 0) is 18.2 Å². The van der Waals surface area contributed by atoms with Crippen molar-refractivity contribution in [2.75, 3.05) is 5.32 Å². The Morgan fingerprint density at radius 2 is 2.26 bits per heavy atom. The van der Waals surface area contributed by atoms with Crippen molar-refractivity contribution in [3.8, 4) is 6.07 Å². The van der Waals surface area contributed by atoms with Crippen LogP contribution in [0.25, 0.3) is 0 Å². The molecule has 1 amide bonds. The first-order valence-electron chi connectivity index (χ1n) is 5.87. The summed E-state index contributed by atoms with van der Waals surface area (Å²) in [6, 6.07) is 8.83. The Kier molecular flexibility index (Phi) is 3.93. The molecule has 0 saturated carbocycles. The molecular formula is C14H13N3OS. The number of rotatable bonds is 3. The highest BCUT2D eigenvalue weighted by Crippen LogP contribution is 2.20. The van der Waals surface area contributed by atoms with Gasteiger partial charge in [0.05, 0.1) is 16.6 Å². The van der Waals surface area contributed by atoms with Crippen molar-refractivity contribution in [1.82, 2.24) is 4.98 Å². The lowest BCUT2D eigenvalue weighted by molar-refractivity contribution is 0.102. The molecule has 4 nitrogen and oxygen atoms in total. The van der Waals surface area contributed by atoms with E-state index in [-0.39, 0.29) is 5.91 Å². The summed E-state index contributed by atoms with van der Waals surface area (Å²) in [5.41, 5.74) is 1.53. The van der Waals surface area contributed by atoms with E-state index >= 15 is 0 Å². The number of carbonyl (C=O) groups excluding carboxylic acids is 1.